The fraction of sp³-hybridized carbons (Fsp3) is 0.143. The molecular formula is C21H19BrN2O3S. The van der Waals surface area contributed by atoms with Crippen LogP contribution in [0, 0.1) is 6.92 Å². The number of nitrogens with one attached hydrogen (secondary N) is 1. The van der Waals surface area contributed by atoms with E-state index in [4.69, 9.17) is 9.47 Å². The number of aliphatic imine (C=N–C) groups is 1. The van der Waals surface area contributed by atoms with E-state index in [2.05, 4.69) is 32.8 Å². The van der Waals surface area contributed by atoms with Gasteiger partial charge in [-0.1, -0.05) is 34.7 Å². The maximum atomic E-state index is 12.4. The number of hydrogen-bond donors (Lipinski definition) is 1. The molecule has 1 heterocycles. The minimum absolute atomic E-state index is 0.204. The predicted octanol–water partition coefficient (Wildman–Crippen LogP) is 5.22. The zero-order valence-electron chi connectivity index (χ0n) is 15.5. The van der Waals surface area contributed by atoms with Crippen LogP contribution in [0.5, 0.6) is 11.5 Å². The van der Waals surface area contributed by atoms with Crippen molar-refractivity contribution in [2.45, 2.75) is 6.92 Å². The standard InChI is InChI=1S/C21H19BrN2O3S/c1-4-9-27-17-8-6-15(22)11-14(17)12-19-20(25)24-21(28-19)23-16-10-13(2)5-7-18(16)26-3/h4-8,10-12H,1,9H2,2-3H3,(H,23,24,25)/b19-12-. The summed E-state index contributed by atoms with van der Waals surface area (Å²) in [6, 6.07) is 11.4. The van der Waals surface area contributed by atoms with Crippen LogP contribution in [-0.4, -0.2) is 24.8 Å². The Hall–Kier alpha value is -2.51. The lowest BCUT2D eigenvalue weighted by Gasteiger charge is -2.08. The number of amidine groups is 1. The second-order valence-electron chi connectivity index (χ2n) is 5.94. The predicted molar refractivity (Wildman–Crippen MR) is 118 cm³/mol. The number of amides is 1. The molecule has 0 saturated carbocycles. The molecule has 1 fully saturated rings. The van der Waals surface area contributed by atoms with E-state index in [0.29, 0.717) is 33.9 Å². The Labute approximate surface area is 176 Å². The Kier molecular flexibility index (Phi) is 6.59. The molecule has 2 aromatic carbocycles. The van der Waals surface area contributed by atoms with E-state index in [9.17, 15) is 4.79 Å². The summed E-state index contributed by atoms with van der Waals surface area (Å²) in [7, 11) is 1.60. The first-order chi connectivity index (χ1) is 13.5. The number of hydrogen-bond acceptors (Lipinski definition) is 5. The zero-order valence-corrected chi connectivity index (χ0v) is 17.9. The maximum Gasteiger partial charge on any atom is 0.264 e. The van der Waals surface area contributed by atoms with Crippen molar-refractivity contribution in [3.63, 3.8) is 0 Å². The topological polar surface area (TPSA) is 59.9 Å². The number of methoxy groups -OCH3 is 1. The summed E-state index contributed by atoms with van der Waals surface area (Å²) in [6.07, 6.45) is 3.47. The largest absolute Gasteiger partial charge is 0.494 e. The van der Waals surface area contributed by atoms with Gasteiger partial charge in [0.15, 0.2) is 5.17 Å². The highest BCUT2D eigenvalue weighted by atomic mass is 79.9. The monoisotopic (exact) mass is 458 g/mol. The minimum Gasteiger partial charge on any atom is -0.494 e. The minimum atomic E-state index is -0.204. The van der Waals surface area contributed by atoms with E-state index in [1.165, 1.54) is 11.8 Å². The number of benzene rings is 2. The zero-order chi connectivity index (χ0) is 20.1. The molecule has 1 amide bonds. The van der Waals surface area contributed by atoms with Crippen molar-refractivity contribution in [1.82, 2.24) is 5.32 Å². The Morgan fingerprint density at radius 2 is 2.04 bits per heavy atom. The van der Waals surface area contributed by atoms with Crippen LogP contribution in [-0.2, 0) is 4.79 Å². The van der Waals surface area contributed by atoms with Gasteiger partial charge < -0.3 is 14.8 Å². The van der Waals surface area contributed by atoms with Crippen LogP contribution in [0.3, 0.4) is 0 Å². The van der Waals surface area contributed by atoms with Crippen LogP contribution in [0.2, 0.25) is 0 Å². The molecule has 0 aromatic heterocycles. The Balaban J connectivity index is 1.90. The third kappa shape index (κ3) is 4.85. The first kappa shape index (κ1) is 20.2. The third-order valence-electron chi connectivity index (χ3n) is 3.82. The summed E-state index contributed by atoms with van der Waals surface area (Å²) < 4.78 is 11.9. The summed E-state index contributed by atoms with van der Waals surface area (Å²) in [4.78, 5) is 17.5. The van der Waals surface area contributed by atoms with E-state index in [1.807, 2.05) is 43.3 Å². The third-order valence-corrected chi connectivity index (χ3v) is 5.23. The van der Waals surface area contributed by atoms with Crippen molar-refractivity contribution in [2.24, 2.45) is 4.99 Å². The molecule has 0 atom stereocenters. The molecule has 1 aliphatic heterocycles. The van der Waals surface area contributed by atoms with Crippen LogP contribution < -0.4 is 14.8 Å². The highest BCUT2D eigenvalue weighted by molar-refractivity contribution is 9.10. The molecule has 1 aliphatic rings. The van der Waals surface area contributed by atoms with Crippen molar-refractivity contribution < 1.29 is 14.3 Å². The number of rotatable bonds is 6. The van der Waals surface area contributed by atoms with E-state index >= 15 is 0 Å². The second kappa shape index (κ2) is 9.12. The van der Waals surface area contributed by atoms with Crippen LogP contribution >= 0.6 is 27.7 Å². The number of halogens is 1. The van der Waals surface area contributed by atoms with E-state index in [1.54, 1.807) is 19.3 Å². The molecular weight excluding hydrogens is 440 g/mol. The van der Waals surface area contributed by atoms with Gasteiger partial charge >= 0.3 is 0 Å². The van der Waals surface area contributed by atoms with Crippen LogP contribution in [0.25, 0.3) is 6.08 Å². The number of nitrogens with zero attached hydrogens (tertiary/aromatic N) is 1. The summed E-state index contributed by atoms with van der Waals surface area (Å²) in [5, 5.41) is 3.31. The number of carbonyl (C=O) groups is 1. The van der Waals surface area contributed by atoms with E-state index < -0.39 is 0 Å². The van der Waals surface area contributed by atoms with Gasteiger partial charge in [0.25, 0.3) is 5.91 Å². The molecule has 0 unspecified atom stereocenters. The Bertz CT molecular complexity index is 986. The van der Waals surface area contributed by atoms with Crippen molar-refractivity contribution >= 4 is 50.5 Å². The van der Waals surface area contributed by atoms with Gasteiger partial charge in [0, 0.05) is 10.0 Å². The molecule has 0 spiro atoms. The molecule has 0 aliphatic carbocycles. The van der Waals surface area contributed by atoms with Gasteiger partial charge in [0.05, 0.1) is 12.0 Å². The van der Waals surface area contributed by atoms with Crippen LogP contribution in [0.4, 0.5) is 5.69 Å². The van der Waals surface area contributed by atoms with Gasteiger partial charge in [-0.15, -0.1) is 0 Å². The molecule has 1 saturated heterocycles. The molecule has 7 heteroatoms. The van der Waals surface area contributed by atoms with E-state index in [0.717, 1.165) is 15.6 Å². The lowest BCUT2D eigenvalue weighted by atomic mass is 10.2. The highest BCUT2D eigenvalue weighted by Crippen LogP contribution is 2.34. The molecule has 0 bridgehead atoms. The fourth-order valence-electron chi connectivity index (χ4n) is 2.53. The first-order valence-electron chi connectivity index (χ1n) is 8.47. The highest BCUT2D eigenvalue weighted by Gasteiger charge is 2.24. The Morgan fingerprint density at radius 3 is 2.79 bits per heavy atom. The number of ether oxygens (including phenoxy) is 2. The fourth-order valence-corrected chi connectivity index (χ4v) is 3.74. The smallest absolute Gasteiger partial charge is 0.264 e. The summed E-state index contributed by atoms with van der Waals surface area (Å²) in [6.45, 7) is 6.03. The second-order valence-corrected chi connectivity index (χ2v) is 7.89. The lowest BCUT2D eigenvalue weighted by Crippen LogP contribution is -2.19. The van der Waals surface area contributed by atoms with Gasteiger partial charge in [0.2, 0.25) is 0 Å². The average molecular weight is 459 g/mol. The molecule has 2 aromatic rings. The van der Waals surface area contributed by atoms with Crippen LogP contribution in [0.15, 0.2) is 63.4 Å². The molecule has 144 valence electrons. The normalized spacial score (nSPS) is 16.3. The van der Waals surface area contributed by atoms with Crippen molar-refractivity contribution in [1.29, 1.82) is 0 Å². The van der Waals surface area contributed by atoms with E-state index in [-0.39, 0.29) is 5.91 Å². The van der Waals surface area contributed by atoms with Crippen LogP contribution in [0.1, 0.15) is 11.1 Å². The van der Waals surface area contributed by atoms with Crippen molar-refractivity contribution in [2.75, 3.05) is 13.7 Å². The summed E-state index contributed by atoms with van der Waals surface area (Å²) in [5.74, 6) is 1.12. The molecule has 28 heavy (non-hydrogen) atoms. The quantitative estimate of drug-likeness (QED) is 0.475. The first-order valence-corrected chi connectivity index (χ1v) is 10.1. The van der Waals surface area contributed by atoms with Gasteiger partial charge in [0.1, 0.15) is 23.8 Å². The number of carbonyl (C=O) groups excluding carboxylic acids is 1. The summed E-state index contributed by atoms with van der Waals surface area (Å²) >= 11 is 4.73. The van der Waals surface area contributed by atoms with Gasteiger partial charge in [-0.25, -0.2) is 4.99 Å². The SMILES string of the molecule is C=CCOc1ccc(Br)cc1/C=C1\SC(=Nc2cc(C)ccc2OC)NC1=O. The van der Waals surface area contributed by atoms with Gasteiger partial charge in [-0.2, -0.15) is 0 Å². The van der Waals surface area contributed by atoms with Gasteiger partial charge in [-0.3, -0.25) is 4.79 Å². The number of thioether (sulfide) groups is 1. The summed E-state index contributed by atoms with van der Waals surface area (Å²) in [5.41, 5.74) is 2.52. The lowest BCUT2D eigenvalue weighted by molar-refractivity contribution is -0.115. The molecule has 3 rings (SSSR count). The number of aryl methyl sites for hydroxylation is 1. The van der Waals surface area contributed by atoms with Crippen molar-refractivity contribution in [3.05, 3.63) is 69.6 Å². The maximum absolute atomic E-state index is 12.4. The van der Waals surface area contributed by atoms with Crippen molar-refractivity contribution in [3.8, 4) is 11.5 Å². The average Bonchev–Trinajstić information content (AvgIpc) is 3.00. The Morgan fingerprint density at radius 1 is 1.25 bits per heavy atom. The molecule has 1 N–H and O–H groups in total. The molecule has 0 radical (unpaired) electrons. The van der Waals surface area contributed by atoms with Gasteiger partial charge in [-0.05, 0) is 60.7 Å². The molecule has 5 nitrogen and oxygen atoms in total.